The average molecular weight is 573 g/mol. The van der Waals surface area contributed by atoms with Gasteiger partial charge in [0.05, 0.1) is 35.3 Å². The lowest BCUT2D eigenvalue weighted by molar-refractivity contribution is -0.128. The Balaban J connectivity index is 1.37. The first kappa shape index (κ1) is 28.0. The number of fused-ring (bicyclic) bond motifs is 2. The number of nitrogens with zero attached hydrogens (tertiary/aromatic N) is 8. The molecule has 10 nitrogen and oxygen atoms in total. The molecule has 5 heterocycles. The van der Waals surface area contributed by atoms with E-state index in [4.69, 9.17) is 9.72 Å². The first-order valence-corrected chi connectivity index (χ1v) is 14.6. The number of aromatic nitrogens is 3. The molecule has 3 aromatic rings. The molecule has 0 unspecified atom stereocenters. The number of anilines is 2. The number of nitriles is 1. The summed E-state index contributed by atoms with van der Waals surface area (Å²) in [5.41, 5.74) is 6.58. The summed E-state index contributed by atoms with van der Waals surface area (Å²) in [5, 5.41) is 16.0. The minimum Gasteiger partial charge on any atom is -0.475 e. The molecular formula is C31H37FN8O2. The molecule has 1 atom stereocenters. The van der Waals surface area contributed by atoms with Crippen LogP contribution in [0, 0.1) is 18.3 Å². The van der Waals surface area contributed by atoms with Crippen LogP contribution in [0.5, 0.6) is 5.88 Å². The van der Waals surface area contributed by atoms with Crippen LogP contribution in [0.4, 0.5) is 15.8 Å². The molecule has 0 radical (unpaired) electrons. The molecular weight excluding hydrogens is 535 g/mol. The van der Waals surface area contributed by atoms with E-state index in [-0.39, 0.29) is 6.04 Å². The van der Waals surface area contributed by atoms with Crippen molar-refractivity contribution in [1.82, 2.24) is 24.6 Å². The molecule has 0 spiro atoms. The van der Waals surface area contributed by atoms with E-state index >= 15 is 0 Å². The van der Waals surface area contributed by atoms with E-state index in [1.165, 1.54) is 10.5 Å². The first-order chi connectivity index (χ1) is 20.3. The SMILES string of the molecule is C=C(F)C(=O)N1CCN(c2c(C#N)c(OC[C@@H]3CCCN3C)nc3c2CCN(c2c(C)ccc4c2cnn4C)C3)CC1. The second-order valence-electron chi connectivity index (χ2n) is 11.6. The van der Waals surface area contributed by atoms with Gasteiger partial charge in [-0.2, -0.15) is 10.4 Å². The Kier molecular flexibility index (Phi) is 7.49. The summed E-state index contributed by atoms with van der Waals surface area (Å²) in [7, 11) is 4.05. The van der Waals surface area contributed by atoms with E-state index < -0.39 is 11.7 Å². The number of benzene rings is 1. The van der Waals surface area contributed by atoms with Crippen LogP contribution in [-0.2, 0) is 24.8 Å². The first-order valence-electron chi connectivity index (χ1n) is 14.6. The Morgan fingerprint density at radius 2 is 1.93 bits per heavy atom. The predicted molar refractivity (Wildman–Crippen MR) is 159 cm³/mol. The molecule has 2 saturated heterocycles. The van der Waals surface area contributed by atoms with E-state index in [0.29, 0.717) is 57.2 Å². The smallest absolute Gasteiger partial charge is 0.282 e. The number of aryl methyl sites for hydroxylation is 2. The zero-order valence-corrected chi connectivity index (χ0v) is 24.6. The van der Waals surface area contributed by atoms with Crippen molar-refractivity contribution in [2.24, 2.45) is 7.05 Å². The molecule has 2 aromatic heterocycles. The number of rotatable bonds is 6. The molecule has 0 bridgehead atoms. The van der Waals surface area contributed by atoms with Crippen LogP contribution < -0.4 is 14.5 Å². The molecule has 3 aliphatic heterocycles. The maximum Gasteiger partial charge on any atom is 0.282 e. The lowest BCUT2D eigenvalue weighted by atomic mass is 9.97. The molecule has 0 N–H and O–H groups in total. The number of piperazine rings is 1. The van der Waals surface area contributed by atoms with E-state index in [0.717, 1.165) is 59.5 Å². The highest BCUT2D eigenvalue weighted by Crippen LogP contribution is 2.40. The van der Waals surface area contributed by atoms with Crippen molar-refractivity contribution in [2.45, 2.75) is 38.8 Å². The number of likely N-dealkylation sites (N-methyl/N-ethyl adjacent to an activating group) is 1. The summed E-state index contributed by atoms with van der Waals surface area (Å²) >= 11 is 0. The van der Waals surface area contributed by atoms with Crippen LogP contribution in [0.3, 0.4) is 0 Å². The number of halogens is 1. The quantitative estimate of drug-likeness (QED) is 0.416. The Labute approximate surface area is 245 Å². The van der Waals surface area contributed by atoms with Crippen LogP contribution in [-0.4, -0.2) is 89.4 Å². The Hall–Kier alpha value is -4.17. The monoisotopic (exact) mass is 572 g/mol. The summed E-state index contributed by atoms with van der Waals surface area (Å²) in [6, 6.07) is 6.92. The normalized spacial score (nSPS) is 19.2. The second-order valence-corrected chi connectivity index (χ2v) is 11.6. The Bertz CT molecular complexity index is 1590. The van der Waals surface area contributed by atoms with Gasteiger partial charge in [0.15, 0.2) is 5.83 Å². The molecule has 11 heteroatoms. The van der Waals surface area contributed by atoms with Crippen molar-refractivity contribution in [1.29, 1.82) is 5.26 Å². The highest BCUT2D eigenvalue weighted by molar-refractivity contribution is 5.94. The van der Waals surface area contributed by atoms with Gasteiger partial charge in [0, 0.05) is 56.8 Å². The number of hydrogen-bond donors (Lipinski definition) is 0. The van der Waals surface area contributed by atoms with Crippen LogP contribution in [0.1, 0.15) is 35.2 Å². The van der Waals surface area contributed by atoms with Gasteiger partial charge in [-0.3, -0.25) is 9.48 Å². The fourth-order valence-corrected chi connectivity index (χ4v) is 6.69. The van der Waals surface area contributed by atoms with Gasteiger partial charge in [0.1, 0.15) is 18.2 Å². The van der Waals surface area contributed by atoms with Crippen LogP contribution in [0.2, 0.25) is 0 Å². The maximum absolute atomic E-state index is 13.6. The van der Waals surface area contributed by atoms with Gasteiger partial charge in [-0.1, -0.05) is 12.6 Å². The van der Waals surface area contributed by atoms with Gasteiger partial charge in [0.25, 0.3) is 5.91 Å². The number of carbonyl (C=O) groups is 1. The molecule has 3 aliphatic rings. The van der Waals surface area contributed by atoms with E-state index in [1.807, 2.05) is 17.9 Å². The number of pyridine rings is 1. The molecule has 0 aliphatic carbocycles. The standard InChI is InChI=1S/C31H37FN8O2/c1-20-7-8-27-25(17-34-37(27)4)28(20)40-11-9-23-26(18-40)35-30(42-19-22-6-5-10-36(22)3)24(16-33)29(23)38-12-14-39(15-13-38)31(41)21(2)32/h7-8,17,22H,2,5-6,9-15,18-19H2,1,3-4H3/t22-/m0/s1. The molecule has 1 aromatic carbocycles. The Morgan fingerprint density at radius 1 is 1.14 bits per heavy atom. The number of ether oxygens (including phenoxy) is 1. The highest BCUT2D eigenvalue weighted by Gasteiger charge is 2.33. The van der Waals surface area contributed by atoms with Crippen molar-refractivity contribution in [2.75, 3.05) is 62.7 Å². The third kappa shape index (κ3) is 4.94. The lowest BCUT2D eigenvalue weighted by Gasteiger charge is -2.39. The van der Waals surface area contributed by atoms with Gasteiger partial charge in [-0.25, -0.2) is 9.37 Å². The van der Waals surface area contributed by atoms with E-state index in [2.05, 4.69) is 58.6 Å². The zero-order chi connectivity index (χ0) is 29.5. The second kappa shape index (κ2) is 11.2. The van der Waals surface area contributed by atoms with Gasteiger partial charge in [-0.05, 0) is 51.4 Å². The van der Waals surface area contributed by atoms with Crippen LogP contribution in [0.25, 0.3) is 10.9 Å². The van der Waals surface area contributed by atoms with Gasteiger partial charge < -0.3 is 24.3 Å². The summed E-state index contributed by atoms with van der Waals surface area (Å²) in [6.07, 6.45) is 4.80. The molecule has 6 rings (SSSR count). The largest absolute Gasteiger partial charge is 0.475 e. The predicted octanol–water partition coefficient (Wildman–Crippen LogP) is 3.32. The minimum atomic E-state index is -0.950. The lowest BCUT2D eigenvalue weighted by Crippen LogP contribution is -2.49. The summed E-state index contributed by atoms with van der Waals surface area (Å²) in [4.78, 5) is 25.5. The van der Waals surface area contributed by atoms with E-state index in [1.54, 1.807) is 0 Å². The maximum atomic E-state index is 13.6. The Morgan fingerprint density at radius 3 is 2.62 bits per heavy atom. The number of likely N-dealkylation sites (tertiary alicyclic amines) is 1. The fraction of sp³-hybridized carbons (Fsp3) is 0.484. The fourth-order valence-electron chi connectivity index (χ4n) is 6.69. The number of amides is 1. The number of hydrogen-bond acceptors (Lipinski definition) is 8. The van der Waals surface area contributed by atoms with Crippen LogP contribution >= 0.6 is 0 Å². The molecule has 0 saturated carbocycles. The van der Waals surface area contributed by atoms with Crippen molar-refractivity contribution >= 4 is 28.2 Å². The van der Waals surface area contributed by atoms with Crippen molar-refractivity contribution < 1.29 is 13.9 Å². The summed E-state index contributed by atoms with van der Waals surface area (Å²) < 4.78 is 21.8. The average Bonchev–Trinajstić information content (AvgIpc) is 3.58. The van der Waals surface area contributed by atoms with Crippen LogP contribution in [0.15, 0.2) is 30.7 Å². The summed E-state index contributed by atoms with van der Waals surface area (Å²) in [5.74, 6) is -1.26. The summed E-state index contributed by atoms with van der Waals surface area (Å²) in [6.45, 7) is 9.77. The molecule has 1 amide bonds. The molecule has 42 heavy (non-hydrogen) atoms. The van der Waals surface area contributed by atoms with Crippen molar-refractivity contribution in [3.63, 3.8) is 0 Å². The minimum absolute atomic E-state index is 0.281. The topological polar surface area (TPSA) is 93.8 Å². The number of carbonyl (C=O) groups excluding carboxylic acids is 1. The zero-order valence-electron chi connectivity index (χ0n) is 24.6. The third-order valence-electron chi connectivity index (χ3n) is 9.03. The van der Waals surface area contributed by atoms with Crippen molar-refractivity contribution in [3.8, 4) is 11.9 Å². The van der Waals surface area contributed by atoms with E-state index in [9.17, 15) is 14.4 Å². The van der Waals surface area contributed by atoms with Gasteiger partial charge in [-0.15, -0.1) is 0 Å². The van der Waals surface area contributed by atoms with Gasteiger partial charge in [0.2, 0.25) is 5.88 Å². The van der Waals surface area contributed by atoms with Gasteiger partial charge >= 0.3 is 0 Å². The molecule has 2 fully saturated rings. The third-order valence-corrected chi connectivity index (χ3v) is 9.03. The molecule has 220 valence electrons. The highest BCUT2D eigenvalue weighted by atomic mass is 19.1. The van der Waals surface area contributed by atoms with Crippen molar-refractivity contribution in [3.05, 3.63) is 53.1 Å².